The van der Waals surface area contributed by atoms with Crippen LogP contribution in [0.15, 0.2) is 17.2 Å². The van der Waals surface area contributed by atoms with Gasteiger partial charge in [0.1, 0.15) is 10.7 Å². The average Bonchev–Trinajstić information content (AvgIpc) is 2.82. The Balaban J connectivity index is 2.04. The van der Waals surface area contributed by atoms with Crippen LogP contribution in [-0.2, 0) is 10.0 Å². The minimum absolute atomic E-state index is 0.0906. The molecule has 0 bridgehead atoms. The summed E-state index contributed by atoms with van der Waals surface area (Å²) in [6, 6.07) is 1.41. The van der Waals surface area contributed by atoms with Crippen LogP contribution in [0.1, 0.15) is 6.42 Å². The number of likely N-dealkylation sites (tertiary alicyclic amines) is 1. The summed E-state index contributed by atoms with van der Waals surface area (Å²) in [7, 11) is 0.158. The number of pyridine rings is 1. The fraction of sp³-hybridized carbons (Fsp3) is 0.583. The first-order chi connectivity index (χ1) is 9.42. The molecule has 2 heterocycles. The van der Waals surface area contributed by atoms with Crippen LogP contribution in [-0.4, -0.2) is 52.0 Å². The fourth-order valence-corrected chi connectivity index (χ4v) is 3.67. The van der Waals surface area contributed by atoms with Crippen molar-refractivity contribution in [1.82, 2.24) is 14.6 Å². The third-order valence-electron chi connectivity index (χ3n) is 3.41. The van der Waals surface area contributed by atoms with Crippen molar-refractivity contribution >= 4 is 27.4 Å². The SMILES string of the molecule is CNc1ncc(S(=O)(=O)NCC2CCN(C)C2)cc1Cl. The van der Waals surface area contributed by atoms with Gasteiger partial charge in [-0.05, 0) is 32.0 Å². The molecule has 6 nitrogen and oxygen atoms in total. The van der Waals surface area contributed by atoms with Gasteiger partial charge in [0.25, 0.3) is 0 Å². The van der Waals surface area contributed by atoms with E-state index < -0.39 is 10.0 Å². The summed E-state index contributed by atoms with van der Waals surface area (Å²) in [4.78, 5) is 6.27. The number of hydrogen-bond donors (Lipinski definition) is 2. The largest absolute Gasteiger partial charge is 0.372 e. The van der Waals surface area contributed by atoms with Crippen molar-refractivity contribution in [2.75, 3.05) is 39.0 Å². The standard InChI is InChI=1S/C12H19ClN4O2S/c1-14-12-11(13)5-10(7-15-12)20(18,19)16-6-9-3-4-17(2)8-9/h5,7,9,16H,3-4,6,8H2,1-2H3,(H,14,15). The Hall–Kier alpha value is -0.890. The third-order valence-corrected chi connectivity index (χ3v) is 5.09. The molecule has 2 N–H and O–H groups in total. The molecular formula is C12H19ClN4O2S. The lowest BCUT2D eigenvalue weighted by atomic mass is 10.1. The highest BCUT2D eigenvalue weighted by molar-refractivity contribution is 7.89. The zero-order valence-electron chi connectivity index (χ0n) is 11.6. The van der Waals surface area contributed by atoms with Crippen molar-refractivity contribution in [3.8, 4) is 0 Å². The summed E-state index contributed by atoms with van der Waals surface area (Å²) in [6.07, 6.45) is 2.32. The summed E-state index contributed by atoms with van der Waals surface area (Å²) in [5.41, 5.74) is 0. The Morgan fingerprint density at radius 3 is 2.85 bits per heavy atom. The Bertz CT molecular complexity index is 579. The van der Waals surface area contributed by atoms with Crippen molar-refractivity contribution in [3.05, 3.63) is 17.3 Å². The van der Waals surface area contributed by atoms with Gasteiger partial charge in [0.2, 0.25) is 10.0 Å². The second kappa shape index (κ2) is 6.26. The minimum atomic E-state index is -3.56. The highest BCUT2D eigenvalue weighted by Gasteiger charge is 2.23. The monoisotopic (exact) mass is 318 g/mol. The molecule has 2 rings (SSSR count). The van der Waals surface area contributed by atoms with Gasteiger partial charge >= 0.3 is 0 Å². The second-order valence-corrected chi connectivity index (χ2v) is 7.19. The van der Waals surface area contributed by atoms with Crippen LogP contribution in [0.2, 0.25) is 5.02 Å². The van der Waals surface area contributed by atoms with E-state index in [1.54, 1.807) is 7.05 Å². The minimum Gasteiger partial charge on any atom is -0.372 e. The van der Waals surface area contributed by atoms with E-state index in [2.05, 4.69) is 19.9 Å². The van der Waals surface area contributed by atoms with Crippen LogP contribution < -0.4 is 10.0 Å². The van der Waals surface area contributed by atoms with Crippen molar-refractivity contribution in [2.45, 2.75) is 11.3 Å². The molecule has 1 aromatic rings. The van der Waals surface area contributed by atoms with E-state index in [4.69, 9.17) is 11.6 Å². The van der Waals surface area contributed by atoms with Crippen molar-refractivity contribution < 1.29 is 8.42 Å². The van der Waals surface area contributed by atoms with Gasteiger partial charge in [-0.3, -0.25) is 0 Å². The summed E-state index contributed by atoms with van der Waals surface area (Å²) in [5, 5.41) is 3.08. The van der Waals surface area contributed by atoms with Crippen molar-refractivity contribution in [3.63, 3.8) is 0 Å². The molecule has 0 amide bonds. The van der Waals surface area contributed by atoms with Gasteiger partial charge in [-0.15, -0.1) is 0 Å². The lowest BCUT2D eigenvalue weighted by Gasteiger charge is -2.12. The summed E-state index contributed by atoms with van der Waals surface area (Å²) in [5.74, 6) is 0.817. The van der Waals surface area contributed by atoms with E-state index >= 15 is 0 Å². The predicted octanol–water partition coefficient (Wildman–Crippen LogP) is 1.01. The maximum absolute atomic E-state index is 12.2. The normalized spacial score (nSPS) is 20.2. The first-order valence-corrected chi connectivity index (χ1v) is 8.30. The van der Waals surface area contributed by atoms with E-state index in [9.17, 15) is 8.42 Å². The number of nitrogens with zero attached hydrogens (tertiary/aromatic N) is 2. The van der Waals surface area contributed by atoms with Gasteiger partial charge in [0.05, 0.1) is 5.02 Å². The second-order valence-electron chi connectivity index (χ2n) is 5.02. The molecule has 1 unspecified atom stereocenters. The zero-order chi connectivity index (χ0) is 14.8. The van der Waals surface area contributed by atoms with Crippen molar-refractivity contribution in [2.24, 2.45) is 5.92 Å². The molecule has 1 fully saturated rings. The zero-order valence-corrected chi connectivity index (χ0v) is 13.1. The fourth-order valence-electron chi connectivity index (χ4n) is 2.26. The Labute approximate surface area is 124 Å². The summed E-state index contributed by atoms with van der Waals surface area (Å²) in [6.45, 7) is 2.37. The van der Waals surface area contributed by atoms with Crippen LogP contribution in [0.25, 0.3) is 0 Å². The number of aromatic nitrogens is 1. The Morgan fingerprint density at radius 2 is 2.30 bits per heavy atom. The highest BCUT2D eigenvalue weighted by atomic mass is 35.5. The highest BCUT2D eigenvalue weighted by Crippen LogP contribution is 2.22. The molecule has 0 radical (unpaired) electrons. The quantitative estimate of drug-likeness (QED) is 0.847. The summed E-state index contributed by atoms with van der Waals surface area (Å²) >= 11 is 5.96. The van der Waals surface area contributed by atoms with E-state index in [1.807, 2.05) is 7.05 Å². The lowest BCUT2D eigenvalue weighted by Crippen LogP contribution is -2.30. The van der Waals surface area contributed by atoms with Gasteiger partial charge in [-0.1, -0.05) is 11.6 Å². The number of halogens is 1. The predicted molar refractivity (Wildman–Crippen MR) is 79.6 cm³/mol. The van der Waals surface area contributed by atoms with Crippen LogP contribution in [0.3, 0.4) is 0 Å². The number of rotatable bonds is 5. The number of sulfonamides is 1. The summed E-state index contributed by atoms with van der Waals surface area (Å²) < 4.78 is 27.0. The number of anilines is 1. The molecule has 1 saturated heterocycles. The molecule has 1 aliphatic heterocycles. The lowest BCUT2D eigenvalue weighted by molar-refractivity contribution is 0.394. The van der Waals surface area contributed by atoms with Gasteiger partial charge in [0.15, 0.2) is 0 Å². The molecule has 8 heteroatoms. The first kappa shape index (κ1) is 15.5. The first-order valence-electron chi connectivity index (χ1n) is 6.44. The van der Waals surface area contributed by atoms with Gasteiger partial charge in [-0.25, -0.2) is 18.1 Å². The molecule has 0 spiro atoms. The van der Waals surface area contributed by atoms with E-state index in [0.717, 1.165) is 19.5 Å². The topological polar surface area (TPSA) is 74.3 Å². The van der Waals surface area contributed by atoms with Crippen LogP contribution in [0, 0.1) is 5.92 Å². The van der Waals surface area contributed by atoms with Crippen LogP contribution in [0.5, 0.6) is 0 Å². The maximum Gasteiger partial charge on any atom is 0.242 e. The Morgan fingerprint density at radius 1 is 1.55 bits per heavy atom. The molecule has 1 aromatic heterocycles. The molecule has 20 heavy (non-hydrogen) atoms. The van der Waals surface area contributed by atoms with E-state index in [1.165, 1.54) is 12.3 Å². The Kier molecular flexibility index (Phi) is 4.85. The van der Waals surface area contributed by atoms with Gasteiger partial charge < -0.3 is 10.2 Å². The molecule has 1 aliphatic rings. The van der Waals surface area contributed by atoms with Gasteiger partial charge in [0, 0.05) is 26.3 Å². The van der Waals surface area contributed by atoms with Crippen LogP contribution >= 0.6 is 11.6 Å². The molecular weight excluding hydrogens is 300 g/mol. The molecule has 1 atom stereocenters. The smallest absolute Gasteiger partial charge is 0.242 e. The maximum atomic E-state index is 12.2. The molecule has 112 valence electrons. The van der Waals surface area contributed by atoms with E-state index in [0.29, 0.717) is 18.3 Å². The van der Waals surface area contributed by atoms with E-state index in [-0.39, 0.29) is 9.92 Å². The van der Waals surface area contributed by atoms with Crippen molar-refractivity contribution in [1.29, 1.82) is 0 Å². The number of hydrogen-bond acceptors (Lipinski definition) is 5. The average molecular weight is 319 g/mol. The van der Waals surface area contributed by atoms with Gasteiger partial charge in [-0.2, -0.15) is 0 Å². The number of nitrogens with one attached hydrogen (secondary N) is 2. The molecule has 0 aliphatic carbocycles. The molecule has 0 aromatic carbocycles. The van der Waals surface area contributed by atoms with Crippen LogP contribution in [0.4, 0.5) is 5.82 Å². The third kappa shape index (κ3) is 3.60. The molecule has 0 saturated carbocycles.